The number of hydrogen-bond acceptors (Lipinski definition) is 2. The van der Waals surface area contributed by atoms with Gasteiger partial charge in [-0.05, 0) is 50.5 Å². The maximum Gasteiger partial charge on any atom is 0.251 e. The Kier molecular flexibility index (Phi) is 2.46. The first-order valence-electron chi connectivity index (χ1n) is 6.64. The summed E-state index contributed by atoms with van der Waals surface area (Å²) in [6, 6.07) is 3.79. The van der Waals surface area contributed by atoms with Crippen LogP contribution in [0.25, 0.3) is 0 Å². The molecule has 0 spiro atoms. The van der Waals surface area contributed by atoms with Crippen LogP contribution >= 0.6 is 0 Å². The summed E-state index contributed by atoms with van der Waals surface area (Å²) < 4.78 is 0. The second-order valence-corrected chi connectivity index (χ2v) is 6.32. The molecule has 19 heavy (non-hydrogen) atoms. The maximum atomic E-state index is 12.2. The van der Waals surface area contributed by atoms with Crippen molar-refractivity contribution in [2.45, 2.75) is 39.2 Å². The first-order chi connectivity index (χ1) is 8.85. The molecule has 1 N–H and O–H groups in total. The lowest BCUT2D eigenvalue weighted by Crippen LogP contribution is -2.40. The van der Waals surface area contributed by atoms with E-state index in [4.69, 9.17) is 0 Å². The van der Waals surface area contributed by atoms with E-state index in [1.165, 1.54) is 0 Å². The molecule has 0 aromatic heterocycles. The molecule has 3 rings (SSSR count). The van der Waals surface area contributed by atoms with Crippen LogP contribution in [0.4, 0.5) is 5.69 Å². The fourth-order valence-corrected chi connectivity index (χ4v) is 2.83. The molecule has 2 aliphatic rings. The lowest BCUT2D eigenvalue weighted by atomic mass is 10.0. The standard InChI is InChI=1S/C15H18N2O2/c1-15(2,3)16-14(19)11-6-9-4-5-17-12(18)8-10(7-11)13(9)17/h6-7H,4-5,8H2,1-3H3,(H,16,19). The number of hydrogen-bond donors (Lipinski definition) is 1. The van der Waals surface area contributed by atoms with Gasteiger partial charge in [0.05, 0.1) is 12.1 Å². The monoisotopic (exact) mass is 258 g/mol. The van der Waals surface area contributed by atoms with Crippen LogP contribution in [0.2, 0.25) is 0 Å². The summed E-state index contributed by atoms with van der Waals surface area (Å²) in [7, 11) is 0. The highest BCUT2D eigenvalue weighted by molar-refractivity contribution is 6.05. The fourth-order valence-electron chi connectivity index (χ4n) is 2.83. The van der Waals surface area contributed by atoms with Gasteiger partial charge in [0.25, 0.3) is 5.91 Å². The topological polar surface area (TPSA) is 49.4 Å². The van der Waals surface area contributed by atoms with E-state index in [1.54, 1.807) is 0 Å². The van der Waals surface area contributed by atoms with Crippen molar-refractivity contribution in [3.8, 4) is 0 Å². The minimum Gasteiger partial charge on any atom is -0.347 e. The molecule has 2 heterocycles. The first kappa shape index (κ1) is 12.2. The molecule has 2 amide bonds. The molecule has 0 saturated heterocycles. The second-order valence-electron chi connectivity index (χ2n) is 6.32. The van der Waals surface area contributed by atoms with Gasteiger partial charge in [-0.2, -0.15) is 0 Å². The highest BCUT2D eigenvalue weighted by Crippen LogP contribution is 2.38. The van der Waals surface area contributed by atoms with Gasteiger partial charge in [-0.25, -0.2) is 0 Å². The lowest BCUT2D eigenvalue weighted by Gasteiger charge is -2.21. The Morgan fingerprint density at radius 1 is 1.26 bits per heavy atom. The van der Waals surface area contributed by atoms with Crippen LogP contribution in [0.5, 0.6) is 0 Å². The molecule has 0 atom stereocenters. The number of carbonyl (C=O) groups is 2. The number of carbonyl (C=O) groups excluding carboxylic acids is 2. The van der Waals surface area contributed by atoms with Crippen LogP contribution in [0, 0.1) is 0 Å². The molecule has 0 bridgehead atoms. The summed E-state index contributed by atoms with van der Waals surface area (Å²) in [6.07, 6.45) is 1.28. The van der Waals surface area contributed by atoms with E-state index in [1.807, 2.05) is 37.8 Å². The SMILES string of the molecule is CC(C)(C)NC(=O)c1cc2c3c(c1)CC(=O)N3CC2. The first-order valence-corrected chi connectivity index (χ1v) is 6.64. The average Bonchev–Trinajstić information content (AvgIpc) is 2.82. The van der Waals surface area contributed by atoms with E-state index in [0.717, 1.165) is 29.8 Å². The Balaban J connectivity index is 1.97. The van der Waals surface area contributed by atoms with E-state index in [-0.39, 0.29) is 17.4 Å². The number of amides is 2. The molecule has 1 aromatic carbocycles. The van der Waals surface area contributed by atoms with E-state index in [9.17, 15) is 9.59 Å². The van der Waals surface area contributed by atoms with Crippen molar-refractivity contribution in [2.75, 3.05) is 11.4 Å². The van der Waals surface area contributed by atoms with Crippen LogP contribution in [0.3, 0.4) is 0 Å². The van der Waals surface area contributed by atoms with Crippen LogP contribution in [-0.4, -0.2) is 23.9 Å². The zero-order valence-electron chi connectivity index (χ0n) is 11.5. The van der Waals surface area contributed by atoms with Gasteiger partial charge in [0.1, 0.15) is 0 Å². The van der Waals surface area contributed by atoms with Crippen molar-refractivity contribution >= 4 is 17.5 Å². The Bertz CT molecular complexity index is 585. The minimum absolute atomic E-state index is 0.0654. The fraction of sp³-hybridized carbons (Fsp3) is 0.467. The summed E-state index contributed by atoms with van der Waals surface area (Å²) in [6.45, 7) is 6.64. The van der Waals surface area contributed by atoms with Gasteiger partial charge in [-0.3, -0.25) is 9.59 Å². The van der Waals surface area contributed by atoms with Gasteiger partial charge < -0.3 is 10.2 Å². The lowest BCUT2D eigenvalue weighted by molar-refractivity contribution is -0.117. The molecule has 0 unspecified atom stereocenters. The van der Waals surface area contributed by atoms with Gasteiger partial charge in [0.2, 0.25) is 5.91 Å². The average molecular weight is 258 g/mol. The molecule has 100 valence electrons. The van der Waals surface area contributed by atoms with Crippen molar-refractivity contribution in [3.05, 3.63) is 28.8 Å². The van der Waals surface area contributed by atoms with Crippen molar-refractivity contribution in [1.29, 1.82) is 0 Å². The van der Waals surface area contributed by atoms with Crippen LogP contribution in [-0.2, 0) is 17.6 Å². The molecule has 0 aliphatic carbocycles. The number of anilines is 1. The second kappa shape index (κ2) is 3.83. The largest absolute Gasteiger partial charge is 0.347 e. The van der Waals surface area contributed by atoms with Crippen LogP contribution in [0.15, 0.2) is 12.1 Å². The predicted molar refractivity (Wildman–Crippen MR) is 73.4 cm³/mol. The Hall–Kier alpha value is -1.84. The van der Waals surface area contributed by atoms with Crippen LogP contribution < -0.4 is 10.2 Å². The highest BCUT2D eigenvalue weighted by Gasteiger charge is 2.34. The molecule has 4 heteroatoms. The van der Waals surface area contributed by atoms with E-state index >= 15 is 0 Å². The van der Waals surface area contributed by atoms with Crippen molar-refractivity contribution in [3.63, 3.8) is 0 Å². The van der Waals surface area contributed by atoms with Crippen LogP contribution in [0.1, 0.15) is 42.3 Å². The van der Waals surface area contributed by atoms with E-state index in [2.05, 4.69) is 5.32 Å². The predicted octanol–water partition coefficient (Wildman–Crippen LogP) is 1.66. The molecular formula is C15H18N2O2. The summed E-state index contributed by atoms with van der Waals surface area (Å²) in [5, 5.41) is 2.97. The highest BCUT2D eigenvalue weighted by atomic mass is 16.2. The zero-order chi connectivity index (χ0) is 13.8. The number of nitrogens with one attached hydrogen (secondary N) is 1. The smallest absolute Gasteiger partial charge is 0.251 e. The molecule has 0 fully saturated rings. The summed E-state index contributed by atoms with van der Waals surface area (Å²) in [5.41, 5.74) is 3.59. The zero-order valence-corrected chi connectivity index (χ0v) is 11.5. The molecule has 1 aromatic rings. The molecular weight excluding hydrogens is 240 g/mol. The quantitative estimate of drug-likeness (QED) is 0.833. The third kappa shape index (κ3) is 2.01. The number of benzene rings is 1. The Morgan fingerprint density at radius 2 is 1.95 bits per heavy atom. The van der Waals surface area contributed by atoms with Crippen molar-refractivity contribution in [2.24, 2.45) is 0 Å². The summed E-state index contributed by atoms with van der Waals surface area (Å²) in [5.74, 6) is 0.0893. The van der Waals surface area contributed by atoms with Gasteiger partial charge in [0, 0.05) is 17.6 Å². The maximum absolute atomic E-state index is 12.2. The van der Waals surface area contributed by atoms with Crippen molar-refractivity contribution in [1.82, 2.24) is 5.32 Å². The molecule has 0 saturated carbocycles. The number of rotatable bonds is 1. The van der Waals surface area contributed by atoms with Gasteiger partial charge in [-0.1, -0.05) is 0 Å². The van der Waals surface area contributed by atoms with Crippen molar-refractivity contribution < 1.29 is 9.59 Å². The minimum atomic E-state index is -0.252. The third-order valence-electron chi connectivity index (χ3n) is 3.54. The summed E-state index contributed by atoms with van der Waals surface area (Å²) in [4.78, 5) is 25.9. The molecule has 0 radical (unpaired) electrons. The Morgan fingerprint density at radius 3 is 2.63 bits per heavy atom. The van der Waals surface area contributed by atoms with E-state index < -0.39 is 0 Å². The van der Waals surface area contributed by atoms with Gasteiger partial charge in [-0.15, -0.1) is 0 Å². The Labute approximate surface area is 112 Å². The van der Waals surface area contributed by atoms with E-state index in [0.29, 0.717) is 12.0 Å². The van der Waals surface area contributed by atoms with Gasteiger partial charge in [0.15, 0.2) is 0 Å². The summed E-state index contributed by atoms with van der Waals surface area (Å²) >= 11 is 0. The number of nitrogens with zero attached hydrogens (tertiary/aromatic N) is 1. The third-order valence-corrected chi connectivity index (χ3v) is 3.54. The van der Waals surface area contributed by atoms with Gasteiger partial charge >= 0.3 is 0 Å². The molecule has 4 nitrogen and oxygen atoms in total. The molecule has 2 aliphatic heterocycles. The normalized spacial score (nSPS) is 16.8.